The molecule has 12 heteroatoms. The van der Waals surface area contributed by atoms with E-state index in [1.807, 2.05) is 69.2 Å². The summed E-state index contributed by atoms with van der Waals surface area (Å²) in [6, 6.07) is 0. The second-order valence-electron chi connectivity index (χ2n) is 12.9. The van der Waals surface area contributed by atoms with Gasteiger partial charge in [0.15, 0.2) is 0 Å². The standard InChI is InChI=1S/C27H54N2O8S2/c1-20(2)22(5)24(30)28-14-12-26(7,8)18-36-38(32,33)16-11-17-39(34,35)37-19-27(9,10)13-15-29-25(31)23(6)21(3)4/h20-23H,11-19H2,1-10H3,(H,28,30)(H,29,31)/t22-,23-/m0/s1. The lowest BCUT2D eigenvalue weighted by atomic mass is 9.90. The molecule has 0 bridgehead atoms. The van der Waals surface area contributed by atoms with Gasteiger partial charge in [-0.25, -0.2) is 0 Å². The zero-order chi connectivity index (χ0) is 30.7. The highest BCUT2D eigenvalue weighted by molar-refractivity contribution is 7.87. The van der Waals surface area contributed by atoms with Crippen molar-refractivity contribution in [1.29, 1.82) is 0 Å². The van der Waals surface area contributed by atoms with E-state index >= 15 is 0 Å². The molecule has 232 valence electrons. The minimum absolute atomic E-state index is 0.0378. The first kappa shape index (κ1) is 37.8. The van der Waals surface area contributed by atoms with Crippen molar-refractivity contribution < 1.29 is 34.8 Å². The fraction of sp³-hybridized carbons (Fsp3) is 0.926. The van der Waals surface area contributed by atoms with Crippen LogP contribution >= 0.6 is 0 Å². The second kappa shape index (κ2) is 16.3. The van der Waals surface area contributed by atoms with E-state index in [0.29, 0.717) is 25.9 Å². The van der Waals surface area contributed by atoms with Crippen LogP contribution in [0.5, 0.6) is 0 Å². The van der Waals surface area contributed by atoms with Gasteiger partial charge in [-0.1, -0.05) is 69.2 Å². The first-order chi connectivity index (χ1) is 17.6. The van der Waals surface area contributed by atoms with Gasteiger partial charge in [-0.05, 0) is 41.9 Å². The van der Waals surface area contributed by atoms with Crippen molar-refractivity contribution in [1.82, 2.24) is 10.6 Å². The molecule has 0 heterocycles. The molecule has 2 amide bonds. The summed E-state index contributed by atoms with van der Waals surface area (Å²) in [5, 5.41) is 5.74. The predicted molar refractivity (Wildman–Crippen MR) is 155 cm³/mol. The Hall–Kier alpha value is -1.24. The first-order valence-electron chi connectivity index (χ1n) is 13.9. The summed E-state index contributed by atoms with van der Waals surface area (Å²) in [4.78, 5) is 24.2. The van der Waals surface area contributed by atoms with E-state index < -0.39 is 42.6 Å². The van der Waals surface area contributed by atoms with E-state index in [-0.39, 0.29) is 55.1 Å². The molecule has 0 fully saturated rings. The average Bonchev–Trinajstić information content (AvgIpc) is 2.80. The Kier molecular flexibility index (Phi) is 15.7. The number of hydrogen-bond donors (Lipinski definition) is 2. The van der Waals surface area contributed by atoms with E-state index in [4.69, 9.17) is 8.37 Å². The van der Waals surface area contributed by atoms with Gasteiger partial charge < -0.3 is 10.6 Å². The van der Waals surface area contributed by atoms with Crippen LogP contribution in [0.3, 0.4) is 0 Å². The molecule has 0 unspecified atom stereocenters. The summed E-state index contributed by atoms with van der Waals surface area (Å²) in [5.41, 5.74) is -1.01. The quantitative estimate of drug-likeness (QED) is 0.202. The molecule has 0 aliphatic rings. The molecule has 39 heavy (non-hydrogen) atoms. The summed E-state index contributed by atoms with van der Waals surface area (Å²) in [7, 11) is -7.86. The molecular weight excluding hydrogens is 544 g/mol. The topological polar surface area (TPSA) is 145 Å². The largest absolute Gasteiger partial charge is 0.356 e. The van der Waals surface area contributed by atoms with Gasteiger partial charge in [-0.2, -0.15) is 16.8 Å². The van der Waals surface area contributed by atoms with E-state index in [1.54, 1.807) is 0 Å². The molecule has 0 aliphatic heterocycles. The zero-order valence-electron chi connectivity index (χ0n) is 25.8. The lowest BCUT2D eigenvalue weighted by Gasteiger charge is -2.25. The third-order valence-electron chi connectivity index (χ3n) is 7.08. The summed E-state index contributed by atoms with van der Waals surface area (Å²) in [6.07, 6.45) is 0.896. The maximum atomic E-state index is 12.3. The number of amides is 2. The van der Waals surface area contributed by atoms with Crippen LogP contribution in [0.15, 0.2) is 0 Å². The van der Waals surface area contributed by atoms with Crippen molar-refractivity contribution >= 4 is 32.1 Å². The van der Waals surface area contributed by atoms with Gasteiger partial charge in [-0.3, -0.25) is 18.0 Å². The third kappa shape index (κ3) is 17.2. The number of carbonyl (C=O) groups is 2. The van der Waals surface area contributed by atoms with Gasteiger partial charge in [0.1, 0.15) is 0 Å². The molecular formula is C27H54N2O8S2. The van der Waals surface area contributed by atoms with Gasteiger partial charge >= 0.3 is 0 Å². The Morgan fingerprint density at radius 3 is 1.23 bits per heavy atom. The Balaban J connectivity index is 4.47. The highest BCUT2D eigenvalue weighted by Gasteiger charge is 2.26. The molecule has 0 saturated heterocycles. The highest BCUT2D eigenvalue weighted by atomic mass is 32.2. The van der Waals surface area contributed by atoms with Crippen LogP contribution < -0.4 is 10.6 Å². The van der Waals surface area contributed by atoms with E-state index in [9.17, 15) is 26.4 Å². The smallest absolute Gasteiger partial charge is 0.267 e. The van der Waals surface area contributed by atoms with Gasteiger partial charge in [0.05, 0.1) is 24.7 Å². The Labute approximate surface area is 238 Å². The Bertz CT molecular complexity index is 896. The predicted octanol–water partition coefficient (Wildman–Crippen LogP) is 3.72. The second-order valence-corrected chi connectivity index (χ2v) is 16.4. The van der Waals surface area contributed by atoms with Crippen LogP contribution in [0.4, 0.5) is 0 Å². The maximum absolute atomic E-state index is 12.3. The van der Waals surface area contributed by atoms with Crippen molar-refractivity contribution in [2.45, 2.75) is 88.5 Å². The van der Waals surface area contributed by atoms with Gasteiger partial charge in [0, 0.05) is 24.9 Å². The summed E-state index contributed by atoms with van der Waals surface area (Å²) in [5.74, 6) is -0.734. The fourth-order valence-electron chi connectivity index (χ4n) is 3.15. The molecule has 0 aliphatic carbocycles. The minimum Gasteiger partial charge on any atom is -0.356 e. The lowest BCUT2D eigenvalue weighted by Crippen LogP contribution is -2.35. The monoisotopic (exact) mass is 598 g/mol. The Morgan fingerprint density at radius 2 is 0.949 bits per heavy atom. The van der Waals surface area contributed by atoms with Gasteiger partial charge in [-0.15, -0.1) is 0 Å². The first-order valence-corrected chi connectivity index (χ1v) is 17.0. The van der Waals surface area contributed by atoms with Crippen LogP contribution in [-0.2, 0) is 38.2 Å². The highest BCUT2D eigenvalue weighted by Crippen LogP contribution is 2.23. The molecule has 0 spiro atoms. The molecule has 0 aromatic heterocycles. The van der Waals surface area contributed by atoms with E-state index in [1.165, 1.54) is 0 Å². The molecule has 2 atom stereocenters. The van der Waals surface area contributed by atoms with E-state index in [2.05, 4.69) is 10.6 Å². The molecule has 0 rings (SSSR count). The molecule has 0 saturated carbocycles. The fourth-order valence-corrected chi connectivity index (χ4v) is 5.56. The average molecular weight is 599 g/mol. The van der Waals surface area contributed by atoms with Gasteiger partial charge in [0.25, 0.3) is 20.2 Å². The van der Waals surface area contributed by atoms with Crippen molar-refractivity contribution in [3.05, 3.63) is 0 Å². The van der Waals surface area contributed by atoms with E-state index in [0.717, 1.165) is 0 Å². The number of rotatable bonds is 20. The third-order valence-corrected chi connectivity index (χ3v) is 9.61. The van der Waals surface area contributed by atoms with Crippen LogP contribution in [0.1, 0.15) is 88.5 Å². The molecule has 10 nitrogen and oxygen atoms in total. The summed E-state index contributed by atoms with van der Waals surface area (Å²) >= 11 is 0. The van der Waals surface area contributed by atoms with Crippen LogP contribution in [0.25, 0.3) is 0 Å². The van der Waals surface area contributed by atoms with Crippen LogP contribution in [0.2, 0.25) is 0 Å². The molecule has 0 aromatic rings. The maximum Gasteiger partial charge on any atom is 0.267 e. The summed E-state index contributed by atoms with van der Waals surface area (Å²) < 4.78 is 59.6. The zero-order valence-corrected chi connectivity index (χ0v) is 27.4. The van der Waals surface area contributed by atoms with Crippen molar-refractivity contribution in [3.63, 3.8) is 0 Å². The van der Waals surface area contributed by atoms with Crippen molar-refractivity contribution in [2.24, 2.45) is 34.5 Å². The van der Waals surface area contributed by atoms with Crippen molar-refractivity contribution in [2.75, 3.05) is 37.8 Å². The number of nitrogens with one attached hydrogen (secondary N) is 2. The van der Waals surface area contributed by atoms with Crippen LogP contribution in [-0.4, -0.2) is 66.5 Å². The summed E-state index contributed by atoms with van der Waals surface area (Å²) in [6.45, 7) is 19.7. The lowest BCUT2D eigenvalue weighted by molar-refractivity contribution is -0.126. The van der Waals surface area contributed by atoms with Crippen molar-refractivity contribution in [3.8, 4) is 0 Å². The normalized spacial score (nSPS) is 14.9. The Morgan fingerprint density at radius 1 is 0.641 bits per heavy atom. The molecule has 2 N–H and O–H groups in total. The number of carbonyl (C=O) groups excluding carboxylic acids is 2. The SMILES string of the molecule is CC(C)[C@H](C)C(=O)NCCC(C)(C)COS(=O)(=O)CCCS(=O)(=O)OCC(C)(C)CCNC(=O)[C@@H](C)C(C)C. The molecule has 0 radical (unpaired) electrons. The van der Waals surface area contributed by atoms with Crippen LogP contribution in [0, 0.1) is 34.5 Å². The van der Waals surface area contributed by atoms with Gasteiger partial charge in [0.2, 0.25) is 11.8 Å². The number of hydrogen-bond acceptors (Lipinski definition) is 8. The minimum atomic E-state index is -3.93. The molecule has 0 aromatic carbocycles.